The first kappa shape index (κ1) is 12.9. The van der Waals surface area contributed by atoms with E-state index in [1.807, 2.05) is 6.07 Å². The molecule has 1 aromatic carbocycles. The molecule has 18 heavy (non-hydrogen) atoms. The van der Waals surface area contributed by atoms with Crippen molar-refractivity contribution in [1.29, 1.82) is 0 Å². The fraction of sp³-hybridized carbons (Fsp3) is 0.438. The van der Waals surface area contributed by atoms with Crippen molar-refractivity contribution in [1.82, 2.24) is 4.98 Å². The van der Waals surface area contributed by atoms with E-state index in [1.165, 1.54) is 22.2 Å². The van der Waals surface area contributed by atoms with Gasteiger partial charge in [0.25, 0.3) is 0 Å². The van der Waals surface area contributed by atoms with Gasteiger partial charge in [-0.1, -0.05) is 31.5 Å². The van der Waals surface area contributed by atoms with Crippen LogP contribution in [-0.4, -0.2) is 10.8 Å². The van der Waals surface area contributed by atoms with Gasteiger partial charge in [0, 0.05) is 23.0 Å². The van der Waals surface area contributed by atoms with Gasteiger partial charge >= 0.3 is 0 Å². The summed E-state index contributed by atoms with van der Waals surface area (Å²) < 4.78 is 0. The predicted molar refractivity (Wildman–Crippen MR) is 76.0 cm³/mol. The molecule has 0 spiro atoms. The van der Waals surface area contributed by atoms with Crippen LogP contribution in [0.25, 0.3) is 10.9 Å². The van der Waals surface area contributed by atoms with Gasteiger partial charge in [0.2, 0.25) is 0 Å². The number of Topliss-reactive ketones (excluding diaryl/α,β-unsaturated/α-hetero) is 1. The molecular weight excluding hydrogens is 222 g/mol. The number of ketones is 1. The van der Waals surface area contributed by atoms with Gasteiger partial charge in [0.05, 0.1) is 0 Å². The highest BCUT2D eigenvalue weighted by atomic mass is 16.1. The van der Waals surface area contributed by atoms with Crippen molar-refractivity contribution in [2.24, 2.45) is 0 Å². The van der Waals surface area contributed by atoms with Crippen LogP contribution in [0.4, 0.5) is 0 Å². The summed E-state index contributed by atoms with van der Waals surface area (Å²) in [4.78, 5) is 14.9. The van der Waals surface area contributed by atoms with Crippen LogP contribution in [0.1, 0.15) is 50.3 Å². The Morgan fingerprint density at radius 3 is 2.72 bits per heavy atom. The lowest BCUT2D eigenvalue weighted by molar-refractivity contribution is -0.117. The van der Waals surface area contributed by atoms with Crippen molar-refractivity contribution < 1.29 is 4.79 Å². The zero-order valence-corrected chi connectivity index (χ0v) is 11.4. The summed E-state index contributed by atoms with van der Waals surface area (Å²) in [5.41, 5.74) is 3.72. The van der Waals surface area contributed by atoms with Gasteiger partial charge < -0.3 is 9.78 Å². The number of carbonyl (C=O) groups excluding carboxylic acids is 1. The summed E-state index contributed by atoms with van der Waals surface area (Å²) >= 11 is 0. The van der Waals surface area contributed by atoms with Crippen molar-refractivity contribution in [2.75, 3.05) is 0 Å². The van der Waals surface area contributed by atoms with Crippen LogP contribution in [0.2, 0.25) is 0 Å². The Hall–Kier alpha value is -1.57. The third-order valence-electron chi connectivity index (χ3n) is 3.52. The minimum absolute atomic E-state index is 0.276. The van der Waals surface area contributed by atoms with Gasteiger partial charge in [-0.05, 0) is 37.8 Å². The number of aromatic amines is 1. The van der Waals surface area contributed by atoms with Crippen molar-refractivity contribution in [3.05, 3.63) is 35.5 Å². The molecule has 0 aliphatic rings. The molecule has 0 aliphatic heterocycles. The Morgan fingerprint density at radius 2 is 2.06 bits per heavy atom. The van der Waals surface area contributed by atoms with Crippen LogP contribution >= 0.6 is 0 Å². The maximum atomic E-state index is 11.5. The van der Waals surface area contributed by atoms with Crippen LogP contribution in [-0.2, 0) is 4.79 Å². The van der Waals surface area contributed by atoms with E-state index >= 15 is 0 Å². The first-order valence-electron chi connectivity index (χ1n) is 6.70. The average molecular weight is 243 g/mol. The summed E-state index contributed by atoms with van der Waals surface area (Å²) in [5.74, 6) is 0.627. The standard InChI is InChI=1S/C16H21NO/c1-4-7-13(10-11(2)18)16-12(3)17-15-9-6-5-8-14(15)16/h5-6,8-9,13,17H,4,7,10H2,1-3H3/t13-/m0/s1. The molecule has 2 rings (SSSR count). The molecule has 0 radical (unpaired) electrons. The Morgan fingerprint density at radius 1 is 1.33 bits per heavy atom. The van der Waals surface area contributed by atoms with Crippen LogP contribution < -0.4 is 0 Å². The number of nitrogens with one attached hydrogen (secondary N) is 1. The smallest absolute Gasteiger partial charge is 0.130 e. The molecule has 2 heteroatoms. The molecule has 2 nitrogen and oxygen atoms in total. The number of fused-ring (bicyclic) bond motifs is 1. The van der Waals surface area contributed by atoms with E-state index in [0.29, 0.717) is 12.3 Å². The Labute approximate surface area is 108 Å². The van der Waals surface area contributed by atoms with Crippen molar-refractivity contribution >= 4 is 16.7 Å². The quantitative estimate of drug-likeness (QED) is 0.832. The van der Waals surface area contributed by atoms with Gasteiger partial charge in [-0.15, -0.1) is 0 Å². The summed E-state index contributed by atoms with van der Waals surface area (Å²) in [6, 6.07) is 8.36. The molecule has 0 amide bonds. The molecule has 1 heterocycles. The zero-order valence-electron chi connectivity index (χ0n) is 11.4. The number of hydrogen-bond acceptors (Lipinski definition) is 1. The molecule has 1 N–H and O–H groups in total. The van der Waals surface area contributed by atoms with Gasteiger partial charge in [-0.3, -0.25) is 0 Å². The van der Waals surface area contributed by atoms with Crippen molar-refractivity contribution in [3.63, 3.8) is 0 Å². The summed E-state index contributed by atoms with van der Waals surface area (Å²) in [6.07, 6.45) is 2.83. The molecule has 0 saturated carbocycles. The van der Waals surface area contributed by atoms with Crippen molar-refractivity contribution in [2.45, 2.75) is 46.0 Å². The number of carbonyl (C=O) groups is 1. The minimum atomic E-state index is 0.276. The fourth-order valence-corrected chi connectivity index (χ4v) is 2.87. The summed E-state index contributed by atoms with van der Waals surface area (Å²) in [6.45, 7) is 5.97. The third-order valence-corrected chi connectivity index (χ3v) is 3.52. The normalized spacial score (nSPS) is 12.8. The van der Waals surface area contributed by atoms with E-state index < -0.39 is 0 Å². The van der Waals surface area contributed by atoms with E-state index in [4.69, 9.17) is 0 Å². The zero-order chi connectivity index (χ0) is 13.1. The van der Waals surface area contributed by atoms with E-state index in [1.54, 1.807) is 6.92 Å². The topological polar surface area (TPSA) is 32.9 Å². The second-order valence-corrected chi connectivity index (χ2v) is 5.10. The van der Waals surface area contributed by atoms with Crippen molar-refractivity contribution in [3.8, 4) is 0 Å². The molecule has 0 bridgehead atoms. The molecule has 1 aromatic heterocycles. The lowest BCUT2D eigenvalue weighted by Crippen LogP contribution is -2.05. The maximum absolute atomic E-state index is 11.5. The summed E-state index contributed by atoms with van der Waals surface area (Å²) in [5, 5.41) is 1.27. The first-order chi connectivity index (χ1) is 8.63. The molecule has 0 fully saturated rings. The summed E-state index contributed by atoms with van der Waals surface area (Å²) in [7, 11) is 0. The van der Waals surface area contributed by atoms with Gasteiger partial charge in [-0.2, -0.15) is 0 Å². The average Bonchev–Trinajstić information content (AvgIpc) is 2.63. The van der Waals surface area contributed by atoms with Crippen LogP contribution in [0.5, 0.6) is 0 Å². The number of para-hydroxylation sites is 1. The number of benzene rings is 1. The number of aromatic nitrogens is 1. The molecule has 1 atom stereocenters. The minimum Gasteiger partial charge on any atom is -0.358 e. The molecule has 0 saturated heterocycles. The maximum Gasteiger partial charge on any atom is 0.130 e. The Kier molecular flexibility index (Phi) is 3.85. The molecule has 0 aliphatic carbocycles. The highest BCUT2D eigenvalue weighted by Crippen LogP contribution is 2.34. The highest BCUT2D eigenvalue weighted by Gasteiger charge is 2.19. The van der Waals surface area contributed by atoms with E-state index in [-0.39, 0.29) is 5.78 Å². The molecule has 2 aromatic rings. The van der Waals surface area contributed by atoms with Crippen LogP contribution in [0.3, 0.4) is 0 Å². The van der Waals surface area contributed by atoms with E-state index in [0.717, 1.165) is 12.8 Å². The predicted octanol–water partition coefficient (Wildman–Crippen LogP) is 4.34. The second kappa shape index (κ2) is 5.38. The number of hydrogen-bond donors (Lipinski definition) is 1. The lowest BCUT2D eigenvalue weighted by atomic mass is 9.88. The molecule has 96 valence electrons. The fourth-order valence-electron chi connectivity index (χ4n) is 2.87. The second-order valence-electron chi connectivity index (χ2n) is 5.10. The number of rotatable bonds is 5. The van der Waals surface area contributed by atoms with Crippen LogP contribution in [0, 0.1) is 6.92 Å². The molecule has 0 unspecified atom stereocenters. The third kappa shape index (κ3) is 2.47. The monoisotopic (exact) mass is 243 g/mol. The number of aryl methyl sites for hydroxylation is 1. The SMILES string of the molecule is CCC[C@@H](CC(C)=O)c1c(C)[nH]c2ccccc12. The number of H-pyrrole nitrogens is 1. The first-order valence-corrected chi connectivity index (χ1v) is 6.70. The Bertz CT molecular complexity index is 553. The molecular formula is C16H21NO. The Balaban J connectivity index is 2.48. The highest BCUT2D eigenvalue weighted by molar-refractivity contribution is 5.86. The van der Waals surface area contributed by atoms with Gasteiger partial charge in [0.15, 0.2) is 0 Å². The van der Waals surface area contributed by atoms with E-state index in [9.17, 15) is 4.79 Å². The van der Waals surface area contributed by atoms with Crippen LogP contribution in [0.15, 0.2) is 24.3 Å². The van der Waals surface area contributed by atoms with E-state index in [2.05, 4.69) is 37.0 Å². The largest absolute Gasteiger partial charge is 0.358 e. The van der Waals surface area contributed by atoms with Gasteiger partial charge in [0.1, 0.15) is 5.78 Å². The lowest BCUT2D eigenvalue weighted by Gasteiger charge is -2.15. The van der Waals surface area contributed by atoms with Gasteiger partial charge in [-0.25, -0.2) is 0 Å².